The summed E-state index contributed by atoms with van der Waals surface area (Å²) in [5.41, 5.74) is 6.31. The number of aryl methyl sites for hydroxylation is 1. The number of carbonyl (C=O) groups is 4. The Morgan fingerprint density at radius 1 is 0.521 bits per heavy atom. The number of hydrogen-bond donors (Lipinski definition) is 10. The normalized spacial score (nSPS) is 22.4. The first-order valence-corrected chi connectivity index (χ1v) is 50.8. The van der Waals surface area contributed by atoms with Crippen molar-refractivity contribution < 1.29 is 121 Å². The van der Waals surface area contributed by atoms with Crippen molar-refractivity contribution in [1.29, 1.82) is 0 Å². The first-order valence-electron chi connectivity index (χ1n) is 43.7. The molecule has 53 heteroatoms. The van der Waals surface area contributed by atoms with Crippen molar-refractivity contribution in [3.05, 3.63) is 284 Å². The van der Waals surface area contributed by atoms with Gasteiger partial charge in [0, 0.05) is 126 Å². The summed E-state index contributed by atoms with van der Waals surface area (Å²) in [5.74, 6) is -4.86. The molecule has 2 aromatic carbocycles. The minimum absolute atomic E-state index is 0.00338. The number of hydrogen-bond acceptors (Lipinski definition) is 33. The quantitative estimate of drug-likeness (QED) is 0.00840. The number of nitrogens with one attached hydrogen (secondary N) is 2. The number of aliphatic hydroxyl groups is 4. The Balaban J connectivity index is 0.000000159. The molecule has 10 heterocycles. The van der Waals surface area contributed by atoms with Crippen molar-refractivity contribution in [2.45, 2.75) is 146 Å². The van der Waals surface area contributed by atoms with Crippen molar-refractivity contribution in [1.82, 2.24) is 68.3 Å². The number of pyridine rings is 1. The first-order chi connectivity index (χ1) is 67.2. The molecule has 1 aliphatic heterocycles. The molecule has 0 saturated heterocycles. The molecule has 0 bridgehead atoms. The summed E-state index contributed by atoms with van der Waals surface area (Å²) in [6, 6.07) is 22.7. The van der Waals surface area contributed by atoms with Crippen molar-refractivity contribution in [3.8, 4) is 0 Å². The largest absolute Gasteiger partial charge is 0.416 e. The van der Waals surface area contributed by atoms with Crippen molar-refractivity contribution in [3.63, 3.8) is 0 Å². The lowest BCUT2D eigenvalue weighted by Crippen LogP contribution is -2.33. The van der Waals surface area contributed by atoms with Gasteiger partial charge >= 0.3 is 47.4 Å². The molecule has 14 N–H and O–H groups in total. The Bertz CT molecular complexity index is 6840. The number of halogens is 8. The number of ketones is 4. The summed E-state index contributed by atoms with van der Waals surface area (Å²) >= 11 is 9.39. The third kappa shape index (κ3) is 30.1. The van der Waals surface area contributed by atoms with Crippen LogP contribution in [0.4, 0.5) is 38.0 Å². The molecule has 142 heavy (non-hydrogen) atoms. The SMILES string of the molecule is Cc1cc(C(=O)c2cncnc2C[C@@H]2C[C@@H](COS(N)(=O)=O)[C@@H](O)C2)nn1Cc1cccc(Br)c1.NS(=O)(=O)OC[C@@H]1C[C@@H](Cc2ncncc2C(=O)c2ccn(Cc3cccc(C(F)(F)F)c3)c2)[C@@H](F)[C@@H]1O.NS(=O)(=O)OC[C@H]1C[C@@H](Nc2ncncc2C(=O)c2ccn(CC3=CCOCC3)c2)[C@@H](F)[C@@H]1O.NS(=O)(=O)OC[C@H]1C[C@@H](Nc2ncncc2C(=O)c2ccn(Cc3cccc(Cl)n3)c2)[C@@H](F)[C@@H]1O. The molecule has 0 unspecified atom stereocenters. The molecule has 0 radical (unpaired) electrons. The number of rotatable bonds is 36. The highest BCUT2D eigenvalue weighted by molar-refractivity contribution is 9.10. The molecule has 15 atom stereocenters. The lowest BCUT2D eigenvalue weighted by atomic mass is 9.95. The zero-order valence-electron chi connectivity index (χ0n) is 75.2. The van der Waals surface area contributed by atoms with Crippen LogP contribution in [0.15, 0.2) is 194 Å². The van der Waals surface area contributed by atoms with E-state index in [9.17, 15) is 99.6 Å². The molecule has 41 nitrogen and oxygen atoms in total. The molecule has 0 spiro atoms. The van der Waals surface area contributed by atoms with Crippen LogP contribution < -0.4 is 31.2 Å². The zero-order valence-corrected chi connectivity index (χ0v) is 80.8. The van der Waals surface area contributed by atoms with Crippen molar-refractivity contribution >= 4 is 104 Å². The van der Waals surface area contributed by atoms with Gasteiger partial charge in [-0.1, -0.05) is 69.5 Å². The molecule has 5 aliphatic rings. The fraction of sp³-hybridized carbons (Fsp3) is 0.393. The molecule has 0 amide bonds. The van der Waals surface area contributed by atoms with Gasteiger partial charge in [0.25, 0.3) is 0 Å². The highest BCUT2D eigenvalue weighted by Crippen LogP contribution is 2.40. The molecular weight excluding hydrogens is 2040 g/mol. The second kappa shape index (κ2) is 47.4. The molecule has 4 saturated carbocycles. The fourth-order valence-corrected chi connectivity index (χ4v) is 19.2. The highest BCUT2D eigenvalue weighted by Gasteiger charge is 2.48. The van der Waals surface area contributed by atoms with Gasteiger partial charge in [-0.15, -0.1) is 0 Å². The van der Waals surface area contributed by atoms with Gasteiger partial charge in [0.1, 0.15) is 66.3 Å². The lowest BCUT2D eigenvalue weighted by Gasteiger charge is -2.18. The van der Waals surface area contributed by atoms with E-state index in [-0.39, 0.29) is 102 Å². The van der Waals surface area contributed by atoms with Crippen LogP contribution in [0.2, 0.25) is 5.15 Å². The van der Waals surface area contributed by atoms with Crippen LogP contribution in [0.5, 0.6) is 0 Å². The minimum Gasteiger partial charge on any atom is -0.393 e. The van der Waals surface area contributed by atoms with Crippen LogP contribution in [0, 0.1) is 42.4 Å². The third-order valence-corrected chi connectivity index (χ3v) is 26.7. The Labute approximate surface area is 823 Å². The van der Waals surface area contributed by atoms with Crippen LogP contribution in [0.3, 0.4) is 0 Å². The summed E-state index contributed by atoms with van der Waals surface area (Å²) in [6.07, 6.45) is 9.93. The summed E-state index contributed by atoms with van der Waals surface area (Å²) in [5, 5.41) is 70.7. The smallest absolute Gasteiger partial charge is 0.393 e. The Hall–Kier alpha value is -11.4. The van der Waals surface area contributed by atoms with Gasteiger partial charge < -0.3 is 49.5 Å². The van der Waals surface area contributed by atoms with E-state index in [4.69, 9.17) is 36.9 Å². The molecule has 4 fully saturated rings. The van der Waals surface area contributed by atoms with E-state index in [1.54, 1.807) is 81.2 Å². The average Bonchev–Trinajstić information content (AvgIpc) is 1.66. The summed E-state index contributed by atoms with van der Waals surface area (Å²) in [6.45, 7) is 3.25. The Morgan fingerprint density at radius 3 is 1.49 bits per heavy atom. The third-order valence-electron chi connectivity index (χ3n) is 24.1. The van der Waals surface area contributed by atoms with Crippen molar-refractivity contribution in [2.24, 2.45) is 56.1 Å². The van der Waals surface area contributed by atoms with Crippen LogP contribution in [-0.4, -0.2) is 240 Å². The predicted molar refractivity (Wildman–Crippen MR) is 499 cm³/mol. The number of ether oxygens (including phenoxy) is 1. The summed E-state index contributed by atoms with van der Waals surface area (Å²) in [4.78, 5) is 89.5. The van der Waals surface area contributed by atoms with Crippen LogP contribution in [0.25, 0.3) is 0 Å². The lowest BCUT2D eigenvalue weighted by molar-refractivity contribution is -0.137. The van der Waals surface area contributed by atoms with E-state index >= 15 is 0 Å². The number of carbonyl (C=O) groups excluding carboxylic acids is 4. The number of aromatic nitrogens is 14. The highest BCUT2D eigenvalue weighted by atomic mass is 79.9. The van der Waals surface area contributed by atoms with Gasteiger partial charge in [-0.3, -0.25) is 40.6 Å². The average molecular weight is 2140 g/mol. The molecule has 4 aliphatic carbocycles. The topological polar surface area (TPSA) is 609 Å². The zero-order chi connectivity index (χ0) is 102. The van der Waals surface area contributed by atoms with E-state index in [0.29, 0.717) is 96.6 Å². The fourth-order valence-electron chi connectivity index (χ4n) is 17.1. The summed E-state index contributed by atoms with van der Waals surface area (Å²) in [7, 11) is -16.8. The van der Waals surface area contributed by atoms with Gasteiger partial charge in [0.2, 0.25) is 5.78 Å². The summed E-state index contributed by atoms with van der Waals surface area (Å²) < 4.78 is 203. The Kier molecular flexibility index (Phi) is 36.0. The monoisotopic (exact) mass is 2140 g/mol. The maximum atomic E-state index is 14.8. The number of aliphatic hydroxyl groups excluding tert-OH is 4. The molecule has 9 aromatic heterocycles. The maximum Gasteiger partial charge on any atom is 0.416 e. The van der Waals surface area contributed by atoms with Gasteiger partial charge in [-0.25, -0.2) is 78.6 Å². The standard InChI is InChI=1S/C24H24F4N4O5S.C23H26BrN5O5S.C21H22ClFN6O5S.C21H26FN5O6S/c25-21-16(7-17(23(21)34)12-37-38(29,35)36)8-20-19(9-30-13-31-20)22(33)15-4-5-32(11-15)10-14-2-1-3-18(6-14)24(26,27)28;1-14-5-21(28-29(14)11-15-3-2-4-18(24)7-15)23(31)19-10-26-13-27-20(19)8-16-6-17(22(30)9-16)12-34-35(25,32)33;22-17-3-1-2-14(27-17)9-29-5-4-12(8-29)19(30)15-7-25-11-26-21(15)28-16-6-13(20(31)18(16)23)10-34-35(24,32)33;22-18-17(7-15(20(18)29)11-33-34(23,30)31)26-21-16(8-24-12-25-21)19(28)14-1-4-27(10-14)9-13-2-5-32-6-3-13/h1-6,9,11,13,16-17,21,23,34H,7-8,10,12H2,(H2,29,35,36);2-5,7,10,13,16-17,22,30H,6,8-9,11-12H2,1H3,(H2,25,32,33);1-5,7-8,11,13,16,18,20,31H,6,9-10H2,(H2,24,32,33)(H,25,26,28);1-2,4,8,10,12,15,17-18,20,29H,3,5-7,9,11H2,(H2,23,30,31)(H,24,25,26)/t16-,17-,21+,23+;16-,17-,22-;13-,16-,18-,20-;15-,17-,18-,20-/m0011/s1. The van der Waals surface area contributed by atoms with Gasteiger partial charge in [-0.05, 0) is 142 Å². The van der Waals surface area contributed by atoms with Gasteiger partial charge in [0.15, 0.2) is 17.3 Å². The number of anilines is 2. The van der Waals surface area contributed by atoms with E-state index < -0.39 is 163 Å². The van der Waals surface area contributed by atoms with Crippen LogP contribution >= 0.6 is 27.5 Å². The molecule has 11 aromatic rings. The number of benzene rings is 2. The van der Waals surface area contributed by atoms with E-state index in [1.807, 2.05) is 47.9 Å². The van der Waals surface area contributed by atoms with E-state index in [2.05, 4.69) is 93.3 Å². The van der Waals surface area contributed by atoms with Crippen LogP contribution in [-0.2, 0) is 108 Å². The van der Waals surface area contributed by atoms with Gasteiger partial charge in [-0.2, -0.15) is 51.9 Å². The van der Waals surface area contributed by atoms with E-state index in [0.717, 1.165) is 34.3 Å². The number of alkyl halides is 6. The Morgan fingerprint density at radius 2 is 0.979 bits per heavy atom. The predicted octanol–water partition coefficient (Wildman–Crippen LogP) is 6.75. The maximum absolute atomic E-state index is 14.8. The number of nitrogens with zero attached hydrogens (tertiary/aromatic N) is 14. The minimum atomic E-state index is -4.47. The number of nitrogens with two attached hydrogens (primary N) is 4. The first kappa shape index (κ1) is 108. The van der Waals surface area contributed by atoms with Gasteiger partial charge in [0.05, 0.1) is 134 Å². The molecule has 760 valence electrons. The second-order valence-electron chi connectivity index (χ2n) is 34.4. The molecular formula is C89H98BrClF6N20O21S4. The van der Waals surface area contributed by atoms with Crippen LogP contribution in [0.1, 0.15) is 142 Å². The van der Waals surface area contributed by atoms with E-state index in [1.165, 1.54) is 74.0 Å². The van der Waals surface area contributed by atoms with Crippen molar-refractivity contribution in [2.75, 3.05) is 50.3 Å². The second-order valence-corrected chi connectivity index (χ2v) is 40.6. The molecule has 16 rings (SSSR count).